The number of rotatable bonds is 5. The largest absolute Gasteiger partial charge is 0.492 e. The van der Waals surface area contributed by atoms with Crippen molar-refractivity contribution in [2.75, 3.05) is 36.6 Å². The van der Waals surface area contributed by atoms with E-state index in [9.17, 15) is 13.2 Å². The predicted octanol–water partition coefficient (Wildman–Crippen LogP) is 6.18. The SMILES string of the molecule is FC(F)(F)c1cccnc1CN1CC2(COc3cc4c(cc32)OCCO4)c2c(NCc3ccccc3)cccc21. The highest BCUT2D eigenvalue weighted by atomic mass is 19.4. The maximum atomic E-state index is 13.9. The van der Waals surface area contributed by atoms with E-state index in [-0.39, 0.29) is 12.2 Å². The van der Waals surface area contributed by atoms with E-state index < -0.39 is 17.2 Å². The summed E-state index contributed by atoms with van der Waals surface area (Å²) in [6, 6.07) is 22.2. The fourth-order valence-electron chi connectivity index (χ4n) is 6.06. The van der Waals surface area contributed by atoms with Gasteiger partial charge in [-0.25, -0.2) is 0 Å². The Bertz CT molecular complexity index is 1580. The molecule has 6 nitrogen and oxygen atoms in total. The van der Waals surface area contributed by atoms with Crippen molar-refractivity contribution in [1.82, 2.24) is 4.98 Å². The van der Waals surface area contributed by atoms with Crippen molar-refractivity contribution < 1.29 is 27.4 Å². The topological polar surface area (TPSA) is 55.9 Å². The summed E-state index contributed by atoms with van der Waals surface area (Å²) in [4.78, 5) is 6.13. The first kappa shape index (κ1) is 24.6. The fourth-order valence-corrected chi connectivity index (χ4v) is 6.06. The van der Waals surface area contributed by atoms with Gasteiger partial charge in [-0.05, 0) is 35.9 Å². The monoisotopic (exact) mass is 545 g/mol. The maximum absolute atomic E-state index is 13.9. The second-order valence-corrected chi connectivity index (χ2v) is 10.3. The van der Waals surface area contributed by atoms with Crippen LogP contribution >= 0.6 is 0 Å². The molecule has 1 atom stereocenters. The van der Waals surface area contributed by atoms with Gasteiger partial charge in [0.25, 0.3) is 0 Å². The Morgan fingerprint density at radius 3 is 2.48 bits per heavy atom. The number of fused-ring (bicyclic) bond motifs is 5. The van der Waals surface area contributed by atoms with Crippen LogP contribution in [0.3, 0.4) is 0 Å². The molecule has 1 N–H and O–H groups in total. The van der Waals surface area contributed by atoms with Crippen molar-refractivity contribution in [1.29, 1.82) is 0 Å². The van der Waals surface area contributed by atoms with Crippen LogP contribution in [0.5, 0.6) is 17.2 Å². The smallest absolute Gasteiger partial charge is 0.418 e. The lowest BCUT2D eigenvalue weighted by atomic mass is 9.76. The van der Waals surface area contributed by atoms with Gasteiger partial charge in [-0.2, -0.15) is 13.2 Å². The summed E-state index contributed by atoms with van der Waals surface area (Å²) in [6.45, 7) is 2.28. The normalized spacial score (nSPS) is 18.8. The van der Waals surface area contributed by atoms with Crippen LogP contribution in [0.15, 0.2) is 79.0 Å². The quantitative estimate of drug-likeness (QED) is 0.323. The second-order valence-electron chi connectivity index (χ2n) is 10.3. The molecule has 1 unspecified atom stereocenters. The molecule has 3 aliphatic rings. The van der Waals surface area contributed by atoms with Gasteiger partial charge in [0.15, 0.2) is 11.5 Å². The highest BCUT2D eigenvalue weighted by Crippen LogP contribution is 2.56. The van der Waals surface area contributed by atoms with Gasteiger partial charge < -0.3 is 24.4 Å². The number of anilines is 2. The zero-order valence-electron chi connectivity index (χ0n) is 21.5. The number of hydrogen-bond acceptors (Lipinski definition) is 6. The summed E-state index contributed by atoms with van der Waals surface area (Å²) in [5.41, 5.74) is 3.44. The third kappa shape index (κ3) is 4.08. The summed E-state index contributed by atoms with van der Waals surface area (Å²) in [5, 5.41) is 3.59. The Kier molecular flexibility index (Phi) is 5.76. The number of nitrogens with one attached hydrogen (secondary N) is 1. The van der Waals surface area contributed by atoms with E-state index >= 15 is 0 Å². The molecule has 3 aromatic carbocycles. The predicted molar refractivity (Wildman–Crippen MR) is 144 cm³/mol. The molecule has 4 heterocycles. The van der Waals surface area contributed by atoms with E-state index in [4.69, 9.17) is 14.2 Å². The summed E-state index contributed by atoms with van der Waals surface area (Å²) in [5.74, 6) is 1.98. The molecule has 0 amide bonds. The van der Waals surface area contributed by atoms with Gasteiger partial charge in [0.1, 0.15) is 25.6 Å². The van der Waals surface area contributed by atoms with Gasteiger partial charge in [0.2, 0.25) is 0 Å². The van der Waals surface area contributed by atoms with Crippen LogP contribution in [0.2, 0.25) is 0 Å². The lowest BCUT2D eigenvalue weighted by Gasteiger charge is -2.27. The highest BCUT2D eigenvalue weighted by molar-refractivity contribution is 5.78. The standard InChI is InChI=1S/C31H26F3N3O3/c32-31(33,34)21-8-5-11-35-24(21)17-37-18-30(19-40-26-15-28-27(14-22(26)30)38-12-13-39-28)29-23(9-4-10-25(29)37)36-16-20-6-2-1-3-7-20/h1-11,14-15,36H,12-13,16-19H2. The first-order chi connectivity index (χ1) is 19.4. The average Bonchev–Trinajstić information content (AvgIpc) is 3.48. The van der Waals surface area contributed by atoms with E-state index in [1.54, 1.807) is 0 Å². The van der Waals surface area contributed by atoms with Crippen molar-refractivity contribution in [2.24, 2.45) is 0 Å². The molecule has 204 valence electrons. The molecule has 0 saturated heterocycles. The molecule has 0 bridgehead atoms. The first-order valence-corrected chi connectivity index (χ1v) is 13.2. The molecule has 9 heteroatoms. The molecular formula is C31H26F3N3O3. The summed E-state index contributed by atoms with van der Waals surface area (Å²) in [7, 11) is 0. The minimum Gasteiger partial charge on any atom is -0.492 e. The zero-order chi connectivity index (χ0) is 27.3. The van der Waals surface area contributed by atoms with Crippen LogP contribution in [0.4, 0.5) is 24.5 Å². The molecule has 1 spiro atoms. The zero-order valence-corrected chi connectivity index (χ0v) is 21.5. The number of benzene rings is 3. The van der Waals surface area contributed by atoms with Crippen molar-refractivity contribution in [3.63, 3.8) is 0 Å². The molecule has 0 fully saturated rings. The summed E-state index contributed by atoms with van der Waals surface area (Å²) >= 11 is 0. The van der Waals surface area contributed by atoms with Crippen LogP contribution < -0.4 is 24.4 Å². The lowest BCUT2D eigenvalue weighted by Crippen LogP contribution is -2.36. The van der Waals surface area contributed by atoms with Crippen LogP contribution in [-0.2, 0) is 24.7 Å². The minimum atomic E-state index is -4.50. The molecule has 0 aliphatic carbocycles. The third-order valence-electron chi connectivity index (χ3n) is 7.82. The number of hydrogen-bond donors (Lipinski definition) is 1. The number of ether oxygens (including phenoxy) is 3. The molecule has 40 heavy (non-hydrogen) atoms. The van der Waals surface area contributed by atoms with Crippen LogP contribution in [-0.4, -0.2) is 31.3 Å². The highest BCUT2D eigenvalue weighted by Gasteiger charge is 2.52. The summed E-state index contributed by atoms with van der Waals surface area (Å²) in [6.07, 6.45) is -3.09. The average molecular weight is 546 g/mol. The number of halogens is 3. The molecule has 0 radical (unpaired) electrons. The van der Waals surface area contributed by atoms with Crippen molar-refractivity contribution in [3.05, 3.63) is 107 Å². The lowest BCUT2D eigenvalue weighted by molar-refractivity contribution is -0.138. The minimum absolute atomic E-state index is 0.00641. The molecule has 1 aromatic heterocycles. The van der Waals surface area contributed by atoms with Crippen molar-refractivity contribution in [2.45, 2.75) is 24.7 Å². The Hall–Kier alpha value is -4.40. The number of alkyl halides is 3. The first-order valence-electron chi connectivity index (χ1n) is 13.2. The van der Waals surface area contributed by atoms with E-state index in [1.165, 1.54) is 12.3 Å². The van der Waals surface area contributed by atoms with Crippen molar-refractivity contribution >= 4 is 11.4 Å². The Labute approximate surface area is 229 Å². The number of nitrogens with zero attached hydrogens (tertiary/aromatic N) is 2. The van der Waals surface area contributed by atoms with E-state index in [0.29, 0.717) is 50.2 Å². The Balaban J connectivity index is 1.34. The van der Waals surface area contributed by atoms with Gasteiger partial charge in [0, 0.05) is 47.9 Å². The van der Waals surface area contributed by atoms with Gasteiger partial charge in [-0.15, -0.1) is 0 Å². The molecular weight excluding hydrogens is 519 g/mol. The second kappa shape index (κ2) is 9.36. The molecule has 3 aliphatic heterocycles. The van der Waals surface area contributed by atoms with E-state index in [0.717, 1.165) is 34.1 Å². The number of aromatic nitrogens is 1. The number of pyridine rings is 1. The third-order valence-corrected chi connectivity index (χ3v) is 7.82. The van der Waals surface area contributed by atoms with Gasteiger partial charge >= 0.3 is 6.18 Å². The molecule has 0 saturated carbocycles. The van der Waals surface area contributed by atoms with E-state index in [2.05, 4.69) is 22.4 Å². The van der Waals surface area contributed by atoms with E-state index in [1.807, 2.05) is 53.4 Å². The Morgan fingerprint density at radius 2 is 1.68 bits per heavy atom. The van der Waals surface area contributed by atoms with Crippen LogP contribution in [0.25, 0.3) is 0 Å². The maximum Gasteiger partial charge on any atom is 0.418 e. The Morgan fingerprint density at radius 1 is 0.875 bits per heavy atom. The molecule has 7 rings (SSSR count). The van der Waals surface area contributed by atoms with Crippen LogP contribution in [0.1, 0.15) is 27.9 Å². The fraction of sp³-hybridized carbons (Fsp3) is 0.258. The van der Waals surface area contributed by atoms with Gasteiger partial charge in [-0.3, -0.25) is 4.98 Å². The molecule has 4 aromatic rings. The van der Waals surface area contributed by atoms with Gasteiger partial charge in [0.05, 0.1) is 23.2 Å². The van der Waals surface area contributed by atoms with Crippen LogP contribution in [0, 0.1) is 0 Å². The van der Waals surface area contributed by atoms with Gasteiger partial charge in [-0.1, -0.05) is 36.4 Å². The van der Waals surface area contributed by atoms with Crippen molar-refractivity contribution in [3.8, 4) is 17.2 Å². The summed E-state index contributed by atoms with van der Waals surface area (Å²) < 4.78 is 59.6.